The van der Waals surface area contributed by atoms with Crippen molar-refractivity contribution in [3.63, 3.8) is 0 Å². The Kier molecular flexibility index (Phi) is 5.71. The van der Waals surface area contributed by atoms with Crippen molar-refractivity contribution < 1.29 is 14.3 Å². The zero-order valence-electron chi connectivity index (χ0n) is 18.2. The van der Waals surface area contributed by atoms with Crippen LogP contribution in [0.1, 0.15) is 35.8 Å². The normalized spacial score (nSPS) is 16.1. The summed E-state index contributed by atoms with van der Waals surface area (Å²) in [5.41, 5.74) is 2.46. The summed E-state index contributed by atoms with van der Waals surface area (Å²) in [6.45, 7) is 4.71. The third-order valence-electron chi connectivity index (χ3n) is 6.04. The molecular formula is C25H26N4O3. The van der Waals surface area contributed by atoms with Gasteiger partial charge in [0.1, 0.15) is 24.7 Å². The Labute approximate surface area is 187 Å². The van der Waals surface area contributed by atoms with E-state index in [9.17, 15) is 4.79 Å². The molecule has 0 amide bonds. The van der Waals surface area contributed by atoms with Gasteiger partial charge in [-0.2, -0.15) is 0 Å². The Morgan fingerprint density at radius 3 is 2.59 bits per heavy atom. The lowest BCUT2D eigenvalue weighted by atomic mass is 9.88. The number of aryl methyl sites for hydroxylation is 1. The van der Waals surface area contributed by atoms with Gasteiger partial charge in [-0.15, -0.1) is 0 Å². The van der Waals surface area contributed by atoms with Crippen molar-refractivity contribution in [3.8, 4) is 23.0 Å². The lowest BCUT2D eigenvalue weighted by Gasteiger charge is -2.32. The van der Waals surface area contributed by atoms with Crippen LogP contribution in [0.4, 0.5) is 5.82 Å². The fourth-order valence-corrected chi connectivity index (χ4v) is 4.24. The third-order valence-corrected chi connectivity index (χ3v) is 6.04. The lowest BCUT2D eigenvalue weighted by Crippen LogP contribution is -2.37. The molecule has 7 nitrogen and oxygen atoms in total. The number of benzene rings is 1. The van der Waals surface area contributed by atoms with Crippen molar-refractivity contribution in [2.75, 3.05) is 31.2 Å². The molecule has 0 unspecified atom stereocenters. The van der Waals surface area contributed by atoms with Crippen LogP contribution in [0.3, 0.4) is 0 Å². The number of piperidine rings is 1. The highest BCUT2D eigenvalue weighted by Gasteiger charge is 2.28. The number of aromatic nitrogens is 3. The Morgan fingerprint density at radius 1 is 1.03 bits per heavy atom. The van der Waals surface area contributed by atoms with Crippen LogP contribution in [0.15, 0.2) is 48.7 Å². The molecule has 2 aliphatic rings. The van der Waals surface area contributed by atoms with Gasteiger partial charge >= 0.3 is 0 Å². The summed E-state index contributed by atoms with van der Waals surface area (Å²) in [5.74, 6) is 3.10. The van der Waals surface area contributed by atoms with Gasteiger partial charge in [0, 0.05) is 42.5 Å². The fraction of sp³-hybridized carbons (Fsp3) is 0.360. The zero-order valence-corrected chi connectivity index (χ0v) is 18.2. The number of hydrogen-bond acceptors (Lipinski definition) is 7. The topological polar surface area (TPSA) is 77.4 Å². The maximum atomic E-state index is 13.1. The predicted molar refractivity (Wildman–Crippen MR) is 121 cm³/mol. The number of ether oxygens (including phenoxy) is 2. The van der Waals surface area contributed by atoms with Crippen LogP contribution in [0.2, 0.25) is 0 Å². The molecule has 0 atom stereocenters. The monoisotopic (exact) mass is 430 g/mol. The first-order chi connectivity index (χ1) is 15.7. The van der Waals surface area contributed by atoms with E-state index in [1.165, 1.54) is 0 Å². The SMILES string of the molecule is CCc1cc(N2CCC(C(=O)c3ccc4c(c3)OCCO4)CC2)nc(-c2ccccn2)n1. The molecule has 0 bridgehead atoms. The van der Waals surface area contributed by atoms with Crippen molar-refractivity contribution in [2.24, 2.45) is 5.92 Å². The first kappa shape index (κ1) is 20.4. The van der Waals surface area contributed by atoms with Crippen molar-refractivity contribution >= 4 is 11.6 Å². The van der Waals surface area contributed by atoms with E-state index < -0.39 is 0 Å². The van der Waals surface area contributed by atoms with Gasteiger partial charge in [-0.3, -0.25) is 9.78 Å². The summed E-state index contributed by atoms with van der Waals surface area (Å²) in [6.07, 6.45) is 4.16. The highest BCUT2D eigenvalue weighted by molar-refractivity contribution is 5.98. The Hall–Kier alpha value is -3.48. The molecule has 0 saturated carbocycles. The molecule has 2 aliphatic heterocycles. The molecule has 0 radical (unpaired) electrons. The average molecular weight is 431 g/mol. The quantitative estimate of drug-likeness (QED) is 0.567. The van der Waals surface area contributed by atoms with E-state index in [4.69, 9.17) is 14.5 Å². The van der Waals surface area contributed by atoms with E-state index >= 15 is 0 Å². The van der Waals surface area contributed by atoms with Gasteiger partial charge in [0.05, 0.1) is 0 Å². The summed E-state index contributed by atoms with van der Waals surface area (Å²) in [4.78, 5) is 29.2. The van der Waals surface area contributed by atoms with Crippen LogP contribution in [-0.2, 0) is 6.42 Å². The van der Waals surface area contributed by atoms with E-state index in [1.54, 1.807) is 6.20 Å². The average Bonchev–Trinajstić information content (AvgIpc) is 2.88. The maximum absolute atomic E-state index is 13.1. The number of anilines is 1. The highest BCUT2D eigenvalue weighted by atomic mass is 16.6. The Balaban J connectivity index is 1.30. The number of ketones is 1. The largest absolute Gasteiger partial charge is 0.486 e. The van der Waals surface area contributed by atoms with E-state index in [2.05, 4.69) is 27.9 Å². The number of rotatable bonds is 5. The van der Waals surface area contributed by atoms with Gasteiger partial charge in [0.2, 0.25) is 0 Å². The molecule has 3 aromatic rings. The Bertz CT molecular complexity index is 1110. The first-order valence-electron chi connectivity index (χ1n) is 11.2. The molecule has 5 rings (SSSR count). The van der Waals surface area contributed by atoms with Gasteiger partial charge in [-0.25, -0.2) is 9.97 Å². The molecule has 4 heterocycles. The Morgan fingerprint density at radius 2 is 1.84 bits per heavy atom. The number of pyridine rings is 1. The number of hydrogen-bond donors (Lipinski definition) is 0. The molecular weight excluding hydrogens is 404 g/mol. The van der Waals surface area contributed by atoms with E-state index in [0.29, 0.717) is 36.1 Å². The molecule has 1 aromatic carbocycles. The van der Waals surface area contributed by atoms with E-state index in [0.717, 1.165) is 49.6 Å². The van der Waals surface area contributed by atoms with Gasteiger partial charge in [0.25, 0.3) is 0 Å². The number of fused-ring (bicyclic) bond motifs is 1. The second-order valence-electron chi connectivity index (χ2n) is 8.09. The van der Waals surface area contributed by atoms with Gasteiger partial charge in [-0.1, -0.05) is 13.0 Å². The summed E-state index contributed by atoms with van der Waals surface area (Å²) < 4.78 is 11.2. The van der Waals surface area contributed by atoms with Crippen LogP contribution in [0.5, 0.6) is 11.5 Å². The van der Waals surface area contributed by atoms with Crippen molar-refractivity contribution in [1.29, 1.82) is 0 Å². The number of nitrogens with zero attached hydrogens (tertiary/aromatic N) is 4. The van der Waals surface area contributed by atoms with E-state index in [1.807, 2.05) is 36.4 Å². The second-order valence-corrected chi connectivity index (χ2v) is 8.09. The third kappa shape index (κ3) is 4.15. The summed E-state index contributed by atoms with van der Waals surface area (Å²) in [5, 5.41) is 0. The molecule has 1 saturated heterocycles. The summed E-state index contributed by atoms with van der Waals surface area (Å²) >= 11 is 0. The van der Waals surface area contributed by atoms with Gasteiger partial charge in [0.15, 0.2) is 23.1 Å². The van der Waals surface area contributed by atoms with E-state index in [-0.39, 0.29) is 11.7 Å². The van der Waals surface area contributed by atoms with Crippen LogP contribution in [-0.4, -0.2) is 47.0 Å². The smallest absolute Gasteiger partial charge is 0.180 e. The molecule has 1 fully saturated rings. The minimum absolute atomic E-state index is 0.00319. The second kappa shape index (κ2) is 8.94. The number of carbonyl (C=O) groups excluding carboxylic acids is 1. The molecule has 164 valence electrons. The van der Waals surface area contributed by atoms with Crippen LogP contribution >= 0.6 is 0 Å². The summed E-state index contributed by atoms with van der Waals surface area (Å²) in [7, 11) is 0. The zero-order chi connectivity index (χ0) is 21.9. The number of carbonyl (C=O) groups is 1. The van der Waals surface area contributed by atoms with Crippen LogP contribution in [0, 0.1) is 5.92 Å². The minimum atomic E-state index is -0.00319. The molecule has 2 aromatic heterocycles. The van der Waals surface area contributed by atoms with Crippen molar-refractivity contribution in [2.45, 2.75) is 26.2 Å². The van der Waals surface area contributed by atoms with Crippen LogP contribution in [0.25, 0.3) is 11.5 Å². The molecule has 7 heteroatoms. The minimum Gasteiger partial charge on any atom is -0.486 e. The van der Waals surface area contributed by atoms with Crippen molar-refractivity contribution in [1.82, 2.24) is 15.0 Å². The maximum Gasteiger partial charge on any atom is 0.180 e. The lowest BCUT2D eigenvalue weighted by molar-refractivity contribution is 0.0899. The fourth-order valence-electron chi connectivity index (χ4n) is 4.24. The van der Waals surface area contributed by atoms with Gasteiger partial charge in [-0.05, 0) is 49.6 Å². The van der Waals surface area contributed by atoms with Crippen molar-refractivity contribution in [3.05, 3.63) is 59.9 Å². The number of Topliss-reactive ketones (excluding diaryl/α,β-unsaturated/α-hetero) is 1. The standard InChI is InChI=1S/C25H26N4O3/c1-2-19-16-23(28-25(27-19)20-5-3-4-10-26-20)29-11-8-17(9-12-29)24(30)18-6-7-21-22(15-18)32-14-13-31-21/h3-7,10,15-17H,2,8-9,11-14H2,1H3. The molecule has 32 heavy (non-hydrogen) atoms. The van der Waals surface area contributed by atoms with Crippen LogP contribution < -0.4 is 14.4 Å². The predicted octanol–water partition coefficient (Wildman–Crippen LogP) is 3.97. The highest BCUT2D eigenvalue weighted by Crippen LogP contribution is 2.33. The summed E-state index contributed by atoms with van der Waals surface area (Å²) in [6, 6.07) is 13.3. The first-order valence-corrected chi connectivity index (χ1v) is 11.2. The molecule has 0 aliphatic carbocycles. The molecule has 0 N–H and O–H groups in total. The van der Waals surface area contributed by atoms with Gasteiger partial charge < -0.3 is 14.4 Å². The molecule has 0 spiro atoms.